The summed E-state index contributed by atoms with van der Waals surface area (Å²) in [6, 6.07) is 4.25. The highest BCUT2D eigenvalue weighted by molar-refractivity contribution is 5.37. The van der Waals surface area contributed by atoms with E-state index in [1.165, 1.54) is 11.1 Å². The lowest BCUT2D eigenvalue weighted by atomic mass is 9.88. The van der Waals surface area contributed by atoms with Gasteiger partial charge >= 0.3 is 0 Å². The lowest BCUT2D eigenvalue weighted by Crippen LogP contribution is -2.22. The molecule has 17 heavy (non-hydrogen) atoms. The SMILES string of the molecule is CCCC(CN)C(O)c1cc(C)c(C)cc1C. The van der Waals surface area contributed by atoms with E-state index in [1.807, 2.05) is 0 Å². The van der Waals surface area contributed by atoms with Crippen LogP contribution in [0.4, 0.5) is 0 Å². The average molecular weight is 235 g/mol. The highest BCUT2D eigenvalue weighted by atomic mass is 16.3. The van der Waals surface area contributed by atoms with Crippen molar-refractivity contribution >= 4 is 0 Å². The van der Waals surface area contributed by atoms with E-state index < -0.39 is 6.10 Å². The van der Waals surface area contributed by atoms with Crippen LogP contribution in [-0.4, -0.2) is 11.7 Å². The molecule has 0 saturated heterocycles. The predicted molar refractivity (Wildman–Crippen MR) is 73.1 cm³/mol. The van der Waals surface area contributed by atoms with Crippen LogP contribution in [0, 0.1) is 26.7 Å². The van der Waals surface area contributed by atoms with Gasteiger partial charge in [0.05, 0.1) is 6.10 Å². The average Bonchev–Trinajstić information content (AvgIpc) is 2.30. The van der Waals surface area contributed by atoms with Crippen LogP contribution >= 0.6 is 0 Å². The van der Waals surface area contributed by atoms with Gasteiger partial charge in [-0.25, -0.2) is 0 Å². The van der Waals surface area contributed by atoms with Crippen LogP contribution in [0.1, 0.15) is 48.1 Å². The van der Waals surface area contributed by atoms with Gasteiger partial charge in [0.25, 0.3) is 0 Å². The standard InChI is InChI=1S/C15H25NO/c1-5-6-13(9-16)15(17)14-8-11(3)10(2)7-12(14)4/h7-8,13,15,17H,5-6,9,16H2,1-4H3. The van der Waals surface area contributed by atoms with Crippen molar-refractivity contribution in [3.05, 3.63) is 34.4 Å². The van der Waals surface area contributed by atoms with Crippen LogP contribution in [-0.2, 0) is 0 Å². The molecule has 1 aromatic rings. The molecule has 0 aliphatic carbocycles. The fourth-order valence-electron chi connectivity index (χ4n) is 2.33. The summed E-state index contributed by atoms with van der Waals surface area (Å²) in [5.74, 6) is 0.167. The summed E-state index contributed by atoms with van der Waals surface area (Å²) < 4.78 is 0. The van der Waals surface area contributed by atoms with Crippen molar-refractivity contribution in [1.29, 1.82) is 0 Å². The quantitative estimate of drug-likeness (QED) is 0.824. The minimum Gasteiger partial charge on any atom is -0.388 e. The number of hydrogen-bond donors (Lipinski definition) is 2. The van der Waals surface area contributed by atoms with Gasteiger partial charge < -0.3 is 10.8 Å². The Bertz CT molecular complexity index is 373. The molecule has 0 aliphatic heterocycles. The molecular weight excluding hydrogens is 210 g/mol. The largest absolute Gasteiger partial charge is 0.388 e. The van der Waals surface area contributed by atoms with Crippen molar-refractivity contribution in [1.82, 2.24) is 0 Å². The molecule has 2 heteroatoms. The Balaban J connectivity index is 3.02. The van der Waals surface area contributed by atoms with Crippen molar-refractivity contribution in [2.24, 2.45) is 11.7 Å². The van der Waals surface area contributed by atoms with Gasteiger partial charge in [-0.2, -0.15) is 0 Å². The number of hydrogen-bond acceptors (Lipinski definition) is 2. The predicted octanol–water partition coefficient (Wildman–Crippen LogP) is 3.02. The Morgan fingerprint density at radius 2 is 1.71 bits per heavy atom. The Hall–Kier alpha value is -0.860. The van der Waals surface area contributed by atoms with Crippen molar-refractivity contribution in [3.8, 4) is 0 Å². The van der Waals surface area contributed by atoms with E-state index in [1.54, 1.807) is 0 Å². The summed E-state index contributed by atoms with van der Waals surface area (Å²) in [7, 11) is 0. The van der Waals surface area contributed by atoms with Gasteiger partial charge in [0.1, 0.15) is 0 Å². The van der Waals surface area contributed by atoms with Crippen LogP contribution in [0.25, 0.3) is 0 Å². The van der Waals surface area contributed by atoms with E-state index in [4.69, 9.17) is 5.73 Å². The van der Waals surface area contributed by atoms with E-state index in [-0.39, 0.29) is 5.92 Å². The van der Waals surface area contributed by atoms with E-state index in [0.29, 0.717) is 6.54 Å². The Morgan fingerprint density at radius 3 is 2.24 bits per heavy atom. The molecule has 2 unspecified atom stereocenters. The molecule has 96 valence electrons. The summed E-state index contributed by atoms with van der Waals surface area (Å²) in [5, 5.41) is 10.4. The van der Waals surface area contributed by atoms with Gasteiger partial charge in [-0.05, 0) is 56.0 Å². The Kier molecular flexibility index (Phi) is 5.16. The Morgan fingerprint density at radius 1 is 1.12 bits per heavy atom. The molecule has 0 radical (unpaired) electrons. The van der Waals surface area contributed by atoms with Crippen LogP contribution in [0.2, 0.25) is 0 Å². The highest BCUT2D eigenvalue weighted by Crippen LogP contribution is 2.29. The number of aliphatic hydroxyl groups is 1. The molecular formula is C15H25NO. The molecule has 0 aliphatic rings. The number of benzene rings is 1. The first-order chi connectivity index (χ1) is 8.01. The molecule has 0 saturated carbocycles. The minimum absolute atomic E-state index is 0.167. The third-order valence-electron chi connectivity index (χ3n) is 3.61. The van der Waals surface area contributed by atoms with Crippen molar-refractivity contribution in [3.63, 3.8) is 0 Å². The fourth-order valence-corrected chi connectivity index (χ4v) is 2.33. The fraction of sp³-hybridized carbons (Fsp3) is 0.600. The third kappa shape index (κ3) is 3.30. The molecule has 0 amide bonds. The van der Waals surface area contributed by atoms with Crippen molar-refractivity contribution in [2.45, 2.75) is 46.6 Å². The molecule has 0 aromatic heterocycles. The minimum atomic E-state index is -0.431. The number of aliphatic hydroxyl groups excluding tert-OH is 1. The maximum absolute atomic E-state index is 10.4. The molecule has 1 aromatic carbocycles. The molecule has 0 spiro atoms. The van der Waals surface area contributed by atoms with E-state index in [0.717, 1.165) is 24.0 Å². The molecule has 0 bridgehead atoms. The van der Waals surface area contributed by atoms with Gasteiger partial charge in [0.15, 0.2) is 0 Å². The molecule has 1 rings (SSSR count). The van der Waals surface area contributed by atoms with Crippen LogP contribution in [0.15, 0.2) is 12.1 Å². The topological polar surface area (TPSA) is 46.2 Å². The number of nitrogens with two attached hydrogens (primary N) is 1. The molecule has 0 heterocycles. The first-order valence-electron chi connectivity index (χ1n) is 6.47. The molecule has 2 nitrogen and oxygen atoms in total. The number of aryl methyl sites for hydroxylation is 3. The maximum atomic E-state index is 10.4. The Labute approximate surface area is 105 Å². The molecule has 0 fully saturated rings. The summed E-state index contributed by atoms with van der Waals surface area (Å²) in [4.78, 5) is 0. The summed E-state index contributed by atoms with van der Waals surface area (Å²) >= 11 is 0. The van der Waals surface area contributed by atoms with Crippen molar-refractivity contribution in [2.75, 3.05) is 6.54 Å². The van der Waals surface area contributed by atoms with Gasteiger partial charge in [-0.1, -0.05) is 25.5 Å². The van der Waals surface area contributed by atoms with Gasteiger partial charge in [-0.15, -0.1) is 0 Å². The zero-order valence-corrected chi connectivity index (χ0v) is 11.5. The number of rotatable bonds is 5. The van der Waals surface area contributed by atoms with Crippen LogP contribution < -0.4 is 5.73 Å². The molecule has 2 atom stereocenters. The summed E-state index contributed by atoms with van der Waals surface area (Å²) in [5.41, 5.74) is 10.5. The maximum Gasteiger partial charge on any atom is 0.0832 e. The summed E-state index contributed by atoms with van der Waals surface area (Å²) in [6.07, 6.45) is 1.60. The second-order valence-electron chi connectivity index (χ2n) is 5.02. The van der Waals surface area contributed by atoms with Gasteiger partial charge in [-0.3, -0.25) is 0 Å². The van der Waals surface area contributed by atoms with E-state index in [9.17, 15) is 5.11 Å². The zero-order valence-electron chi connectivity index (χ0n) is 11.5. The van der Waals surface area contributed by atoms with Crippen molar-refractivity contribution < 1.29 is 5.11 Å². The second kappa shape index (κ2) is 6.18. The van der Waals surface area contributed by atoms with E-state index in [2.05, 4.69) is 39.8 Å². The molecule has 3 N–H and O–H groups in total. The highest BCUT2D eigenvalue weighted by Gasteiger charge is 2.20. The third-order valence-corrected chi connectivity index (χ3v) is 3.61. The smallest absolute Gasteiger partial charge is 0.0832 e. The lowest BCUT2D eigenvalue weighted by Gasteiger charge is -2.23. The first-order valence-corrected chi connectivity index (χ1v) is 6.47. The zero-order chi connectivity index (χ0) is 13.0. The van der Waals surface area contributed by atoms with Gasteiger partial charge in [0, 0.05) is 5.92 Å². The normalized spacial score (nSPS) is 14.7. The van der Waals surface area contributed by atoms with Crippen LogP contribution in [0.3, 0.4) is 0 Å². The second-order valence-corrected chi connectivity index (χ2v) is 5.02. The lowest BCUT2D eigenvalue weighted by molar-refractivity contribution is 0.106. The van der Waals surface area contributed by atoms with Crippen LogP contribution in [0.5, 0.6) is 0 Å². The summed E-state index contributed by atoms with van der Waals surface area (Å²) in [6.45, 7) is 8.92. The monoisotopic (exact) mass is 235 g/mol. The van der Waals surface area contributed by atoms with E-state index >= 15 is 0 Å². The first kappa shape index (κ1) is 14.2. The van der Waals surface area contributed by atoms with Gasteiger partial charge in [0.2, 0.25) is 0 Å².